The van der Waals surface area contributed by atoms with Crippen LogP contribution < -0.4 is 4.74 Å². The monoisotopic (exact) mass is 304 g/mol. The second-order valence-corrected chi connectivity index (χ2v) is 5.42. The fraction of sp³-hybridized carbons (Fsp3) is 0.412. The van der Waals surface area contributed by atoms with Crippen molar-refractivity contribution in [1.82, 2.24) is 0 Å². The molecule has 5 nitrogen and oxygen atoms in total. The van der Waals surface area contributed by atoms with Crippen LogP contribution in [0.3, 0.4) is 0 Å². The third kappa shape index (κ3) is 3.54. The van der Waals surface area contributed by atoms with Gasteiger partial charge in [0.05, 0.1) is 6.61 Å². The maximum Gasteiger partial charge on any atom is 0.338 e. The summed E-state index contributed by atoms with van der Waals surface area (Å²) in [5.74, 6) is -0.334. The van der Waals surface area contributed by atoms with Gasteiger partial charge in [0.25, 0.3) is 0 Å². The third-order valence-electron chi connectivity index (χ3n) is 3.59. The number of rotatable bonds is 5. The number of aryl methyl sites for hydroxylation is 1. The topological polar surface area (TPSA) is 65.1 Å². The standard InChI is InChI=1S/C17H20O5/c1-5-12(3)16(19)22-15-8-11(2)6-7-14(15)17(10-21-17)9-20-13(4)18/h5-8H,9-10H2,1-4H3/t17-/m0/s1. The van der Waals surface area contributed by atoms with Gasteiger partial charge in [-0.2, -0.15) is 0 Å². The molecule has 2 rings (SSSR count). The van der Waals surface area contributed by atoms with Gasteiger partial charge in [0.1, 0.15) is 12.4 Å². The Morgan fingerprint density at radius 3 is 2.59 bits per heavy atom. The molecule has 1 aromatic rings. The summed E-state index contributed by atoms with van der Waals surface area (Å²) >= 11 is 0. The maximum atomic E-state index is 12.0. The van der Waals surface area contributed by atoms with Crippen LogP contribution in [0.5, 0.6) is 5.75 Å². The van der Waals surface area contributed by atoms with E-state index in [-0.39, 0.29) is 12.6 Å². The molecule has 22 heavy (non-hydrogen) atoms. The van der Waals surface area contributed by atoms with E-state index < -0.39 is 11.6 Å². The van der Waals surface area contributed by atoms with Crippen molar-refractivity contribution in [2.45, 2.75) is 33.3 Å². The van der Waals surface area contributed by atoms with Crippen LogP contribution in [-0.4, -0.2) is 25.2 Å². The Balaban J connectivity index is 2.28. The van der Waals surface area contributed by atoms with Crippen molar-refractivity contribution in [2.75, 3.05) is 13.2 Å². The number of benzene rings is 1. The van der Waals surface area contributed by atoms with Crippen LogP contribution in [0, 0.1) is 6.92 Å². The van der Waals surface area contributed by atoms with E-state index in [1.807, 2.05) is 19.1 Å². The van der Waals surface area contributed by atoms with Gasteiger partial charge >= 0.3 is 11.9 Å². The van der Waals surface area contributed by atoms with Gasteiger partial charge in [0.15, 0.2) is 5.60 Å². The van der Waals surface area contributed by atoms with Crippen molar-refractivity contribution < 1.29 is 23.8 Å². The molecule has 1 aliphatic heterocycles. The average molecular weight is 304 g/mol. The summed E-state index contributed by atoms with van der Waals surface area (Å²) in [5.41, 5.74) is 1.50. The van der Waals surface area contributed by atoms with E-state index in [1.165, 1.54) is 6.92 Å². The summed E-state index contributed by atoms with van der Waals surface area (Å²) in [6.45, 7) is 7.27. The summed E-state index contributed by atoms with van der Waals surface area (Å²) < 4.78 is 16.0. The number of esters is 2. The Bertz CT molecular complexity index is 626. The number of allylic oxidation sites excluding steroid dienone is 1. The first-order chi connectivity index (χ1) is 10.4. The van der Waals surface area contributed by atoms with E-state index in [1.54, 1.807) is 26.0 Å². The first-order valence-corrected chi connectivity index (χ1v) is 7.11. The largest absolute Gasteiger partial charge is 0.462 e. The molecule has 1 aliphatic rings. The molecular weight excluding hydrogens is 284 g/mol. The third-order valence-corrected chi connectivity index (χ3v) is 3.59. The first kappa shape index (κ1) is 16.2. The van der Waals surface area contributed by atoms with Crippen molar-refractivity contribution in [2.24, 2.45) is 0 Å². The summed E-state index contributed by atoms with van der Waals surface area (Å²) in [5, 5.41) is 0. The van der Waals surface area contributed by atoms with Crippen LogP contribution in [0.15, 0.2) is 29.8 Å². The molecule has 5 heteroatoms. The number of carbonyl (C=O) groups excluding carboxylic acids is 2. The van der Waals surface area contributed by atoms with E-state index in [0.717, 1.165) is 11.1 Å². The maximum absolute atomic E-state index is 12.0. The normalized spacial score (nSPS) is 20.5. The number of hydrogen-bond donors (Lipinski definition) is 0. The van der Waals surface area contributed by atoms with Crippen LogP contribution in [-0.2, 0) is 24.7 Å². The van der Waals surface area contributed by atoms with Crippen LogP contribution in [0.2, 0.25) is 0 Å². The lowest BCUT2D eigenvalue weighted by molar-refractivity contribution is -0.143. The second kappa shape index (κ2) is 6.32. The Morgan fingerprint density at radius 1 is 1.36 bits per heavy atom. The molecule has 1 atom stereocenters. The van der Waals surface area contributed by atoms with E-state index in [2.05, 4.69) is 0 Å². The molecular formula is C17H20O5. The molecule has 0 unspecified atom stereocenters. The van der Waals surface area contributed by atoms with Crippen LogP contribution >= 0.6 is 0 Å². The highest BCUT2D eigenvalue weighted by Crippen LogP contribution is 2.44. The van der Waals surface area contributed by atoms with Gasteiger partial charge in [0, 0.05) is 18.1 Å². The predicted octanol–water partition coefficient (Wildman–Crippen LogP) is 2.66. The number of ether oxygens (including phenoxy) is 3. The van der Waals surface area contributed by atoms with Crippen LogP contribution in [0.25, 0.3) is 0 Å². The van der Waals surface area contributed by atoms with Gasteiger partial charge in [-0.15, -0.1) is 0 Å². The van der Waals surface area contributed by atoms with E-state index in [9.17, 15) is 9.59 Å². The lowest BCUT2D eigenvalue weighted by Crippen LogP contribution is -2.21. The van der Waals surface area contributed by atoms with Gasteiger partial charge in [-0.25, -0.2) is 4.79 Å². The highest BCUT2D eigenvalue weighted by atomic mass is 16.6. The van der Waals surface area contributed by atoms with Gasteiger partial charge in [-0.05, 0) is 32.4 Å². The molecule has 1 saturated heterocycles. The minimum Gasteiger partial charge on any atom is -0.462 e. The second-order valence-electron chi connectivity index (χ2n) is 5.42. The molecule has 1 aromatic carbocycles. The van der Waals surface area contributed by atoms with Crippen LogP contribution in [0.1, 0.15) is 31.9 Å². The quantitative estimate of drug-likeness (QED) is 0.362. The summed E-state index contributed by atoms with van der Waals surface area (Å²) in [6, 6.07) is 5.54. The SMILES string of the molecule is CC=C(C)C(=O)Oc1cc(C)ccc1[C@]1(COC(C)=O)CO1. The Hall–Kier alpha value is -2.14. The lowest BCUT2D eigenvalue weighted by atomic mass is 9.98. The van der Waals surface area contributed by atoms with Crippen molar-refractivity contribution >= 4 is 11.9 Å². The molecule has 0 amide bonds. The summed E-state index contributed by atoms with van der Waals surface area (Å²) in [4.78, 5) is 23.0. The van der Waals surface area contributed by atoms with Crippen molar-refractivity contribution in [3.63, 3.8) is 0 Å². The molecule has 0 aromatic heterocycles. The van der Waals surface area contributed by atoms with Gasteiger partial charge in [-0.3, -0.25) is 4.79 Å². The minimum atomic E-state index is -0.710. The minimum absolute atomic E-state index is 0.110. The van der Waals surface area contributed by atoms with Crippen molar-refractivity contribution in [3.8, 4) is 5.75 Å². The zero-order valence-corrected chi connectivity index (χ0v) is 13.3. The Labute approximate surface area is 129 Å². The van der Waals surface area contributed by atoms with Gasteiger partial charge in [-0.1, -0.05) is 18.2 Å². The molecule has 0 bridgehead atoms. The Morgan fingerprint density at radius 2 is 2.05 bits per heavy atom. The molecule has 0 N–H and O–H groups in total. The highest BCUT2D eigenvalue weighted by Gasteiger charge is 2.50. The zero-order valence-electron chi connectivity index (χ0n) is 13.3. The van der Waals surface area contributed by atoms with Crippen LogP contribution in [0.4, 0.5) is 0 Å². The predicted molar refractivity (Wildman–Crippen MR) is 80.5 cm³/mol. The molecule has 0 aliphatic carbocycles. The van der Waals surface area contributed by atoms with Crippen molar-refractivity contribution in [3.05, 3.63) is 41.0 Å². The zero-order chi connectivity index (χ0) is 16.3. The fourth-order valence-electron chi connectivity index (χ4n) is 2.01. The first-order valence-electron chi connectivity index (χ1n) is 7.11. The summed E-state index contributed by atoms with van der Waals surface area (Å²) in [7, 11) is 0. The smallest absolute Gasteiger partial charge is 0.338 e. The number of epoxide rings is 1. The van der Waals surface area contributed by atoms with Gasteiger partial charge in [0.2, 0.25) is 0 Å². The van der Waals surface area contributed by atoms with E-state index in [0.29, 0.717) is 17.9 Å². The average Bonchev–Trinajstić information content (AvgIpc) is 3.25. The molecule has 0 spiro atoms. The highest BCUT2D eigenvalue weighted by molar-refractivity contribution is 5.89. The molecule has 1 fully saturated rings. The number of carbonyl (C=O) groups is 2. The van der Waals surface area contributed by atoms with E-state index in [4.69, 9.17) is 14.2 Å². The molecule has 0 radical (unpaired) electrons. The number of hydrogen-bond acceptors (Lipinski definition) is 5. The molecule has 1 heterocycles. The molecule has 0 saturated carbocycles. The van der Waals surface area contributed by atoms with Gasteiger partial charge < -0.3 is 14.2 Å². The molecule has 118 valence electrons. The van der Waals surface area contributed by atoms with E-state index >= 15 is 0 Å². The Kier molecular flexibility index (Phi) is 4.66. The summed E-state index contributed by atoms with van der Waals surface area (Å²) in [6.07, 6.45) is 1.69. The lowest BCUT2D eigenvalue weighted by Gasteiger charge is -2.17. The fourth-order valence-corrected chi connectivity index (χ4v) is 2.01. The van der Waals surface area contributed by atoms with Crippen molar-refractivity contribution in [1.29, 1.82) is 0 Å².